The maximum absolute atomic E-state index is 14.8. The van der Waals surface area contributed by atoms with Gasteiger partial charge in [0.2, 0.25) is 0 Å². The van der Waals surface area contributed by atoms with Crippen LogP contribution in [-0.2, 0) is 14.0 Å². The first-order valence-electron chi connectivity index (χ1n) is 8.09. The topological polar surface area (TPSA) is 48.4 Å². The largest absolute Gasteiger partial charge is 0.466 e. The summed E-state index contributed by atoms with van der Waals surface area (Å²) in [5, 5.41) is 2.56. The zero-order valence-electron chi connectivity index (χ0n) is 15.6. The second-order valence-corrected chi connectivity index (χ2v) is 13.0. The van der Waals surface area contributed by atoms with Crippen LogP contribution in [0.5, 0.6) is 0 Å². The van der Waals surface area contributed by atoms with Gasteiger partial charge < -0.3 is 9.16 Å². The molecule has 0 unspecified atom stereocenters. The maximum atomic E-state index is 14.8. The van der Waals surface area contributed by atoms with Crippen LogP contribution >= 0.6 is 11.3 Å². The molecule has 0 amide bonds. The molecule has 136 valence electrons. The van der Waals surface area contributed by atoms with E-state index < -0.39 is 26.2 Å². The third-order valence-electron chi connectivity index (χ3n) is 4.13. The van der Waals surface area contributed by atoms with Crippen molar-refractivity contribution in [3.05, 3.63) is 21.9 Å². The van der Waals surface area contributed by atoms with Crippen LogP contribution in [0.15, 0.2) is 11.2 Å². The lowest BCUT2D eigenvalue weighted by molar-refractivity contribution is -0.144. The predicted octanol–water partition coefficient (Wildman–Crippen LogP) is 5.11. The van der Waals surface area contributed by atoms with E-state index in [4.69, 9.17) is 9.16 Å². The highest BCUT2D eigenvalue weighted by atomic mass is 32.1. The first-order chi connectivity index (χ1) is 11.0. The number of aryl methyl sites for hydroxylation is 1. The van der Waals surface area contributed by atoms with Gasteiger partial charge in [-0.15, -0.1) is 11.3 Å². The fourth-order valence-electron chi connectivity index (χ4n) is 1.78. The molecule has 1 aromatic rings. The van der Waals surface area contributed by atoms with Crippen LogP contribution in [-0.4, -0.2) is 32.0 Å². The summed E-state index contributed by atoms with van der Waals surface area (Å²) in [5.74, 6) is -0.947. The lowest BCUT2D eigenvalue weighted by atomic mass is 10.2. The van der Waals surface area contributed by atoms with Crippen LogP contribution in [0.2, 0.25) is 18.1 Å². The van der Waals surface area contributed by atoms with Gasteiger partial charge in [0.15, 0.2) is 8.32 Å². The summed E-state index contributed by atoms with van der Waals surface area (Å²) >= 11 is 1.45. The van der Waals surface area contributed by atoms with Gasteiger partial charge in [-0.05, 0) is 38.1 Å². The van der Waals surface area contributed by atoms with Crippen molar-refractivity contribution >= 4 is 31.7 Å². The highest BCUT2D eigenvalue weighted by Gasteiger charge is 2.40. The van der Waals surface area contributed by atoms with E-state index in [9.17, 15) is 9.18 Å². The minimum atomic E-state index is -2.24. The average molecular weight is 374 g/mol. The van der Waals surface area contributed by atoms with Crippen molar-refractivity contribution in [2.75, 3.05) is 6.61 Å². The smallest absolute Gasteiger partial charge is 0.308 e. The number of halogens is 1. The van der Waals surface area contributed by atoms with E-state index in [-0.39, 0.29) is 18.1 Å². The lowest BCUT2D eigenvalue weighted by Gasteiger charge is -2.38. The Kier molecular flexibility index (Phi) is 7.31. The molecule has 24 heavy (non-hydrogen) atoms. The Bertz CT molecular complexity index is 593. The molecule has 0 aliphatic heterocycles. The molecule has 0 spiro atoms. The summed E-state index contributed by atoms with van der Waals surface area (Å²) in [6.45, 7) is 14.2. The van der Waals surface area contributed by atoms with Gasteiger partial charge >= 0.3 is 5.97 Å². The number of carbonyl (C=O) groups is 1. The maximum Gasteiger partial charge on any atom is 0.308 e. The number of aromatic nitrogens is 1. The van der Waals surface area contributed by atoms with Crippen LogP contribution in [0, 0.1) is 6.92 Å². The molecule has 1 rings (SSSR count). The van der Waals surface area contributed by atoms with Crippen LogP contribution in [0.3, 0.4) is 0 Å². The number of hydrogen-bond acceptors (Lipinski definition) is 5. The standard InChI is InChI=1S/C17H28FNO3SSi/c1-8-21-16(20)10-15(22-24(6,7)17(3,4)5)14(18)9-13-11-23-12(2)19-13/h9,11,15H,8,10H2,1-7H3/b14-9-/t15-/m0/s1. The fraction of sp³-hybridized carbons (Fsp3) is 0.647. The lowest BCUT2D eigenvalue weighted by Crippen LogP contribution is -2.44. The molecule has 0 saturated heterocycles. The molecule has 0 aromatic carbocycles. The zero-order chi connectivity index (χ0) is 18.5. The van der Waals surface area contributed by atoms with Gasteiger partial charge in [-0.1, -0.05) is 20.8 Å². The van der Waals surface area contributed by atoms with E-state index in [1.807, 2.05) is 20.0 Å². The van der Waals surface area contributed by atoms with Crippen molar-refractivity contribution in [2.45, 2.75) is 65.3 Å². The second-order valence-electron chi connectivity index (χ2n) is 7.20. The number of ether oxygens (including phenoxy) is 1. The number of rotatable bonds is 7. The Balaban J connectivity index is 3.04. The molecule has 1 aromatic heterocycles. The van der Waals surface area contributed by atoms with Crippen LogP contribution < -0.4 is 0 Å². The van der Waals surface area contributed by atoms with Gasteiger partial charge in [-0.25, -0.2) is 9.37 Å². The van der Waals surface area contributed by atoms with E-state index >= 15 is 0 Å². The SMILES string of the molecule is CCOC(=O)C[C@H](O[Si](C)(C)C(C)(C)C)/C(F)=C/c1csc(C)n1. The van der Waals surface area contributed by atoms with Gasteiger partial charge in [-0.2, -0.15) is 0 Å². The van der Waals surface area contributed by atoms with Gasteiger partial charge in [0.25, 0.3) is 0 Å². The first-order valence-corrected chi connectivity index (χ1v) is 11.9. The molecule has 4 nitrogen and oxygen atoms in total. The van der Waals surface area contributed by atoms with Gasteiger partial charge in [-0.3, -0.25) is 4.79 Å². The fourth-order valence-corrected chi connectivity index (χ4v) is 3.61. The Labute approximate surface area is 149 Å². The summed E-state index contributed by atoms with van der Waals surface area (Å²) in [6, 6.07) is 0. The highest BCUT2D eigenvalue weighted by molar-refractivity contribution is 7.09. The number of esters is 1. The molecule has 0 fully saturated rings. The molecule has 0 aliphatic rings. The van der Waals surface area contributed by atoms with Crippen molar-refractivity contribution in [1.82, 2.24) is 4.98 Å². The molecule has 0 bridgehead atoms. The molecule has 1 heterocycles. The Morgan fingerprint density at radius 3 is 2.54 bits per heavy atom. The quantitative estimate of drug-likeness (QED) is 0.492. The second kappa shape index (κ2) is 8.36. The van der Waals surface area contributed by atoms with Crippen molar-refractivity contribution in [2.24, 2.45) is 0 Å². The van der Waals surface area contributed by atoms with Crippen LogP contribution in [0.1, 0.15) is 44.8 Å². The summed E-state index contributed by atoms with van der Waals surface area (Å²) in [5.41, 5.74) is 0.544. The number of thiazole rings is 1. The summed E-state index contributed by atoms with van der Waals surface area (Å²) in [7, 11) is -2.24. The summed E-state index contributed by atoms with van der Waals surface area (Å²) < 4.78 is 25.9. The van der Waals surface area contributed by atoms with Crippen molar-refractivity contribution in [3.63, 3.8) is 0 Å². The molecule has 0 aliphatic carbocycles. The third kappa shape index (κ3) is 6.11. The molecule has 0 radical (unpaired) electrons. The minimum absolute atomic E-state index is 0.0859. The number of hydrogen-bond donors (Lipinski definition) is 0. The molecular formula is C17H28FNO3SSi. The molecule has 1 atom stereocenters. The number of nitrogens with zero attached hydrogens (tertiary/aromatic N) is 1. The normalized spacial score (nSPS) is 14.6. The monoisotopic (exact) mass is 373 g/mol. The third-order valence-corrected chi connectivity index (χ3v) is 9.41. The van der Waals surface area contributed by atoms with Gasteiger partial charge in [0.1, 0.15) is 11.9 Å². The highest BCUT2D eigenvalue weighted by Crippen LogP contribution is 2.38. The van der Waals surface area contributed by atoms with Crippen molar-refractivity contribution < 1.29 is 18.3 Å². The average Bonchev–Trinajstić information content (AvgIpc) is 2.82. The molecule has 0 N–H and O–H groups in total. The summed E-state index contributed by atoms with van der Waals surface area (Å²) in [6.07, 6.45) is 0.277. The van der Waals surface area contributed by atoms with Crippen LogP contribution in [0.4, 0.5) is 4.39 Å². The van der Waals surface area contributed by atoms with E-state index in [2.05, 4.69) is 25.8 Å². The summed E-state index contributed by atoms with van der Waals surface area (Å²) in [4.78, 5) is 16.1. The predicted molar refractivity (Wildman–Crippen MR) is 99.3 cm³/mol. The van der Waals surface area contributed by atoms with Gasteiger partial charge in [0, 0.05) is 5.38 Å². The van der Waals surface area contributed by atoms with E-state index in [0.29, 0.717) is 5.69 Å². The molecule has 0 saturated carbocycles. The van der Waals surface area contributed by atoms with Crippen molar-refractivity contribution in [3.8, 4) is 0 Å². The molecular weight excluding hydrogens is 345 g/mol. The van der Waals surface area contributed by atoms with E-state index in [0.717, 1.165) is 5.01 Å². The van der Waals surface area contributed by atoms with Gasteiger partial charge in [0.05, 0.1) is 23.7 Å². The minimum Gasteiger partial charge on any atom is -0.466 e. The Morgan fingerprint density at radius 1 is 1.46 bits per heavy atom. The van der Waals surface area contributed by atoms with E-state index in [1.165, 1.54) is 17.4 Å². The molecule has 7 heteroatoms. The zero-order valence-corrected chi connectivity index (χ0v) is 17.4. The van der Waals surface area contributed by atoms with E-state index in [1.54, 1.807) is 12.3 Å². The van der Waals surface area contributed by atoms with Crippen LogP contribution in [0.25, 0.3) is 6.08 Å². The van der Waals surface area contributed by atoms with Crippen molar-refractivity contribution in [1.29, 1.82) is 0 Å². The number of carbonyl (C=O) groups excluding carboxylic acids is 1. The first kappa shape index (κ1) is 21.0. The Hall–Kier alpha value is -1.05. The Morgan fingerprint density at radius 2 is 2.08 bits per heavy atom.